The number of hydrogen-bond acceptors (Lipinski definition) is 5. The van der Waals surface area contributed by atoms with Gasteiger partial charge in [-0.15, -0.1) is 0 Å². The second-order valence-electron chi connectivity index (χ2n) is 5.97. The van der Waals surface area contributed by atoms with Crippen molar-refractivity contribution in [1.82, 2.24) is 9.71 Å². The minimum atomic E-state index is -3.82. The van der Waals surface area contributed by atoms with E-state index in [1.807, 2.05) is 30.3 Å². The van der Waals surface area contributed by atoms with Crippen molar-refractivity contribution in [2.75, 3.05) is 19.0 Å². The first-order chi connectivity index (χ1) is 12.9. The minimum absolute atomic E-state index is 0.0937. The molecule has 0 spiro atoms. The molecule has 2 N–H and O–H groups in total. The topological polar surface area (TPSA) is 80.3 Å². The van der Waals surface area contributed by atoms with Gasteiger partial charge in [0.1, 0.15) is 0 Å². The Bertz CT molecular complexity index is 848. The van der Waals surface area contributed by atoms with Crippen molar-refractivity contribution in [1.29, 1.82) is 0 Å². The molecule has 27 heavy (non-hydrogen) atoms. The highest BCUT2D eigenvalue weighted by Gasteiger charge is 2.25. The molecule has 0 aliphatic carbocycles. The van der Waals surface area contributed by atoms with Crippen LogP contribution in [0.25, 0.3) is 0 Å². The zero-order valence-electron chi connectivity index (χ0n) is 15.2. The summed E-state index contributed by atoms with van der Waals surface area (Å²) in [5, 5.41) is 3.19. The number of unbranched alkanes of at least 4 members (excludes halogenated alkanes) is 1. The Morgan fingerprint density at radius 1 is 1.19 bits per heavy atom. The molecule has 1 unspecified atom stereocenters. The third-order valence-corrected chi connectivity index (χ3v) is 6.77. The van der Waals surface area contributed by atoms with Crippen LogP contribution in [0.15, 0.2) is 50.4 Å². The highest BCUT2D eigenvalue weighted by molar-refractivity contribution is 9.11. The quantitative estimate of drug-likeness (QED) is 0.479. The molecule has 1 aromatic carbocycles. The summed E-state index contributed by atoms with van der Waals surface area (Å²) in [5.74, 6) is 0.214. The summed E-state index contributed by atoms with van der Waals surface area (Å²) in [4.78, 5) is 4.13. The van der Waals surface area contributed by atoms with Gasteiger partial charge in [0, 0.05) is 18.3 Å². The van der Waals surface area contributed by atoms with Crippen molar-refractivity contribution in [3.63, 3.8) is 0 Å². The van der Waals surface area contributed by atoms with Gasteiger partial charge >= 0.3 is 0 Å². The number of halogens is 2. The summed E-state index contributed by atoms with van der Waals surface area (Å²) in [7, 11) is -2.38. The van der Waals surface area contributed by atoms with Crippen LogP contribution < -0.4 is 14.8 Å². The van der Waals surface area contributed by atoms with Crippen molar-refractivity contribution in [3.05, 3.63) is 45.3 Å². The molecule has 148 valence electrons. The first-order valence-corrected chi connectivity index (χ1v) is 11.7. The summed E-state index contributed by atoms with van der Waals surface area (Å²) in [6.07, 6.45) is 2.63. The SMILES string of the molecule is CCCCC(CNc1ccccc1)NS(=O)(=O)c1nc(OC)c(Br)cc1Br. The minimum Gasteiger partial charge on any atom is -0.480 e. The van der Waals surface area contributed by atoms with E-state index in [0.717, 1.165) is 24.9 Å². The van der Waals surface area contributed by atoms with Crippen LogP contribution in [0.3, 0.4) is 0 Å². The number of para-hydroxylation sites is 1. The number of ether oxygens (including phenoxy) is 1. The lowest BCUT2D eigenvalue weighted by molar-refractivity contribution is 0.390. The van der Waals surface area contributed by atoms with Crippen LogP contribution in [0, 0.1) is 0 Å². The summed E-state index contributed by atoms with van der Waals surface area (Å²) in [6.45, 7) is 2.56. The third-order valence-electron chi connectivity index (χ3n) is 3.87. The van der Waals surface area contributed by atoms with Crippen LogP contribution in [-0.4, -0.2) is 33.1 Å². The second-order valence-corrected chi connectivity index (χ2v) is 9.31. The summed E-state index contributed by atoms with van der Waals surface area (Å²) >= 11 is 6.58. The fraction of sp³-hybridized carbons (Fsp3) is 0.389. The molecule has 0 radical (unpaired) electrons. The van der Waals surface area contributed by atoms with Crippen molar-refractivity contribution in [2.45, 2.75) is 37.3 Å². The van der Waals surface area contributed by atoms with Gasteiger partial charge in [-0.3, -0.25) is 0 Å². The zero-order valence-corrected chi connectivity index (χ0v) is 19.2. The molecule has 0 saturated carbocycles. The van der Waals surface area contributed by atoms with Gasteiger partial charge < -0.3 is 10.1 Å². The van der Waals surface area contributed by atoms with Crippen LogP contribution in [0.2, 0.25) is 0 Å². The van der Waals surface area contributed by atoms with Crippen molar-refractivity contribution in [3.8, 4) is 5.88 Å². The maximum Gasteiger partial charge on any atom is 0.259 e. The maximum atomic E-state index is 12.9. The van der Waals surface area contributed by atoms with E-state index in [2.05, 4.69) is 53.8 Å². The summed E-state index contributed by atoms with van der Waals surface area (Å²) < 4.78 is 34.7. The monoisotopic (exact) mass is 519 g/mol. The Kier molecular flexibility index (Phi) is 8.53. The fourth-order valence-corrected chi connectivity index (χ4v) is 5.50. The van der Waals surface area contributed by atoms with Crippen LogP contribution in [0.5, 0.6) is 5.88 Å². The van der Waals surface area contributed by atoms with E-state index in [1.54, 1.807) is 6.07 Å². The Hall–Kier alpha value is -1.16. The molecular weight excluding hydrogens is 498 g/mol. The molecule has 2 aromatic rings. The van der Waals surface area contributed by atoms with Crippen molar-refractivity contribution < 1.29 is 13.2 Å². The molecule has 0 aliphatic rings. The van der Waals surface area contributed by atoms with E-state index in [9.17, 15) is 8.42 Å². The summed E-state index contributed by atoms with van der Waals surface area (Å²) in [5.41, 5.74) is 0.947. The normalized spacial score (nSPS) is 12.6. The first kappa shape index (κ1) is 22.1. The molecule has 0 fully saturated rings. The number of benzene rings is 1. The van der Waals surface area contributed by atoms with Gasteiger partial charge in [0.15, 0.2) is 5.03 Å². The molecular formula is C18H23Br2N3O3S. The van der Waals surface area contributed by atoms with Gasteiger partial charge in [-0.2, -0.15) is 4.98 Å². The van der Waals surface area contributed by atoms with Gasteiger partial charge in [0.05, 0.1) is 16.1 Å². The number of pyridine rings is 1. The number of nitrogens with one attached hydrogen (secondary N) is 2. The molecule has 0 amide bonds. The molecule has 0 saturated heterocycles. The molecule has 6 nitrogen and oxygen atoms in total. The Balaban J connectivity index is 2.19. The Morgan fingerprint density at radius 2 is 1.89 bits per heavy atom. The van der Waals surface area contributed by atoms with E-state index < -0.39 is 10.0 Å². The van der Waals surface area contributed by atoms with Crippen LogP contribution in [0.4, 0.5) is 5.69 Å². The van der Waals surface area contributed by atoms with E-state index >= 15 is 0 Å². The van der Waals surface area contributed by atoms with E-state index in [4.69, 9.17) is 4.74 Å². The molecule has 1 atom stereocenters. The lowest BCUT2D eigenvalue weighted by Crippen LogP contribution is -2.40. The third kappa shape index (κ3) is 6.44. The number of anilines is 1. The van der Waals surface area contributed by atoms with Gasteiger partial charge in [0.2, 0.25) is 5.88 Å². The van der Waals surface area contributed by atoms with Gasteiger partial charge in [-0.05, 0) is 56.5 Å². The Labute approximate surface area is 177 Å². The zero-order chi connectivity index (χ0) is 19.9. The lowest BCUT2D eigenvalue weighted by atomic mass is 10.1. The van der Waals surface area contributed by atoms with Crippen molar-refractivity contribution in [2.24, 2.45) is 0 Å². The fourth-order valence-electron chi connectivity index (χ4n) is 2.49. The smallest absolute Gasteiger partial charge is 0.259 e. The van der Waals surface area contributed by atoms with Crippen molar-refractivity contribution >= 4 is 47.6 Å². The molecule has 1 heterocycles. The lowest BCUT2D eigenvalue weighted by Gasteiger charge is -2.20. The van der Waals surface area contributed by atoms with E-state index in [0.29, 0.717) is 15.5 Å². The molecule has 0 bridgehead atoms. The number of sulfonamides is 1. The largest absolute Gasteiger partial charge is 0.480 e. The number of nitrogens with zero attached hydrogens (tertiary/aromatic N) is 1. The molecule has 0 aliphatic heterocycles. The average Bonchev–Trinajstić information content (AvgIpc) is 2.64. The van der Waals surface area contributed by atoms with Crippen LogP contribution in [0.1, 0.15) is 26.2 Å². The number of aromatic nitrogens is 1. The first-order valence-electron chi connectivity index (χ1n) is 8.58. The second kappa shape index (κ2) is 10.4. The predicted octanol–water partition coefficient (Wildman–Crippen LogP) is 4.56. The molecule has 9 heteroatoms. The highest BCUT2D eigenvalue weighted by atomic mass is 79.9. The number of methoxy groups -OCH3 is 1. The standard InChI is InChI=1S/C18H23Br2N3O3S/c1-3-4-8-14(12-21-13-9-6-5-7-10-13)23-27(24,25)18-16(20)11-15(19)17(22-18)26-2/h5-7,9-11,14,21,23H,3-4,8,12H2,1-2H3. The average molecular weight is 521 g/mol. The summed E-state index contributed by atoms with van der Waals surface area (Å²) in [6, 6.07) is 11.0. The van der Waals surface area contributed by atoms with E-state index in [1.165, 1.54) is 7.11 Å². The van der Waals surface area contributed by atoms with Gasteiger partial charge in [0.25, 0.3) is 10.0 Å². The number of hydrogen-bond donors (Lipinski definition) is 2. The number of rotatable bonds is 10. The van der Waals surface area contributed by atoms with E-state index in [-0.39, 0.29) is 16.9 Å². The Morgan fingerprint density at radius 3 is 2.52 bits per heavy atom. The molecule has 2 rings (SSSR count). The van der Waals surface area contributed by atoms with Gasteiger partial charge in [-0.25, -0.2) is 13.1 Å². The van der Waals surface area contributed by atoms with Crippen LogP contribution in [-0.2, 0) is 10.0 Å². The van der Waals surface area contributed by atoms with Gasteiger partial charge in [-0.1, -0.05) is 38.0 Å². The highest BCUT2D eigenvalue weighted by Crippen LogP contribution is 2.30. The molecule has 1 aromatic heterocycles. The van der Waals surface area contributed by atoms with Crippen LogP contribution >= 0.6 is 31.9 Å². The maximum absolute atomic E-state index is 12.9. The predicted molar refractivity (Wildman–Crippen MR) is 115 cm³/mol.